The summed E-state index contributed by atoms with van der Waals surface area (Å²) >= 11 is 0. The van der Waals surface area contributed by atoms with Crippen LogP contribution in [0.4, 0.5) is 0 Å². The number of hydrogen-bond acceptors (Lipinski definition) is 3. The molecule has 0 fully saturated rings. The van der Waals surface area contributed by atoms with Crippen molar-refractivity contribution in [2.24, 2.45) is 0 Å². The van der Waals surface area contributed by atoms with Crippen molar-refractivity contribution >= 4 is 9.84 Å². The highest BCUT2D eigenvalue weighted by atomic mass is 32.2. The van der Waals surface area contributed by atoms with Gasteiger partial charge in [-0.1, -0.05) is 6.92 Å². The highest BCUT2D eigenvalue weighted by Gasteiger charge is 2.06. The Kier molecular flexibility index (Phi) is 3.71. The van der Waals surface area contributed by atoms with Crippen LogP contribution >= 0.6 is 0 Å². The monoisotopic (exact) mass is 217 g/mol. The first-order valence-electron chi connectivity index (χ1n) is 4.53. The van der Waals surface area contributed by atoms with E-state index in [9.17, 15) is 8.42 Å². The Morgan fingerprint density at radius 2 is 2.21 bits per heavy atom. The van der Waals surface area contributed by atoms with Crippen molar-refractivity contribution in [2.75, 3.05) is 11.5 Å². The van der Waals surface area contributed by atoms with E-state index in [4.69, 9.17) is 5.11 Å². The molecule has 0 aliphatic rings. The van der Waals surface area contributed by atoms with E-state index in [0.717, 1.165) is 5.56 Å². The molecule has 0 saturated carbocycles. The van der Waals surface area contributed by atoms with Crippen molar-refractivity contribution in [1.82, 2.24) is 4.57 Å². The van der Waals surface area contributed by atoms with E-state index < -0.39 is 9.84 Å². The van der Waals surface area contributed by atoms with Crippen molar-refractivity contribution in [2.45, 2.75) is 20.1 Å². The number of aromatic nitrogens is 1. The second-order valence-corrected chi connectivity index (χ2v) is 5.62. The zero-order valence-electron chi connectivity index (χ0n) is 8.18. The molecule has 0 atom stereocenters. The third kappa shape index (κ3) is 3.16. The largest absolute Gasteiger partial charge is 0.392 e. The summed E-state index contributed by atoms with van der Waals surface area (Å²) in [5.41, 5.74) is 0.805. The van der Waals surface area contributed by atoms with Gasteiger partial charge in [0.1, 0.15) is 0 Å². The molecule has 0 spiro atoms. The van der Waals surface area contributed by atoms with E-state index in [0.29, 0.717) is 6.54 Å². The molecule has 1 aromatic rings. The maximum atomic E-state index is 11.2. The summed E-state index contributed by atoms with van der Waals surface area (Å²) in [6.07, 6.45) is 3.53. The summed E-state index contributed by atoms with van der Waals surface area (Å²) in [5.74, 6) is 0.337. The first kappa shape index (κ1) is 11.3. The number of aliphatic hydroxyl groups is 1. The van der Waals surface area contributed by atoms with E-state index in [-0.39, 0.29) is 18.1 Å². The minimum atomic E-state index is -2.90. The van der Waals surface area contributed by atoms with Gasteiger partial charge >= 0.3 is 0 Å². The zero-order chi connectivity index (χ0) is 10.6. The Labute approximate surface area is 84.1 Å². The lowest BCUT2D eigenvalue weighted by Crippen LogP contribution is -2.13. The van der Waals surface area contributed by atoms with Crippen LogP contribution in [-0.2, 0) is 23.0 Å². The SMILES string of the molecule is CCS(=O)(=O)CCn1ccc(CO)c1. The third-order valence-corrected chi connectivity index (χ3v) is 3.78. The second-order valence-electron chi connectivity index (χ2n) is 3.15. The minimum Gasteiger partial charge on any atom is -0.392 e. The Morgan fingerprint density at radius 3 is 2.71 bits per heavy atom. The second kappa shape index (κ2) is 4.61. The summed E-state index contributed by atoms with van der Waals surface area (Å²) in [5, 5.41) is 8.79. The molecule has 0 bridgehead atoms. The van der Waals surface area contributed by atoms with Crippen LogP contribution in [0.2, 0.25) is 0 Å². The lowest BCUT2D eigenvalue weighted by Gasteiger charge is -2.02. The lowest BCUT2D eigenvalue weighted by molar-refractivity contribution is 0.281. The highest BCUT2D eigenvalue weighted by molar-refractivity contribution is 7.91. The molecule has 0 amide bonds. The topological polar surface area (TPSA) is 59.3 Å². The number of hydrogen-bond donors (Lipinski definition) is 1. The van der Waals surface area contributed by atoms with Gasteiger partial charge in [-0.15, -0.1) is 0 Å². The Balaban J connectivity index is 2.54. The maximum absolute atomic E-state index is 11.2. The molecule has 1 aromatic heterocycles. The molecule has 4 nitrogen and oxygen atoms in total. The van der Waals surface area contributed by atoms with E-state index >= 15 is 0 Å². The molecular weight excluding hydrogens is 202 g/mol. The van der Waals surface area contributed by atoms with Crippen LogP contribution in [0, 0.1) is 0 Å². The van der Waals surface area contributed by atoms with Gasteiger partial charge in [-0.25, -0.2) is 8.42 Å². The normalized spacial score (nSPS) is 11.9. The Bertz CT molecular complexity index is 381. The van der Waals surface area contributed by atoms with Gasteiger partial charge < -0.3 is 9.67 Å². The van der Waals surface area contributed by atoms with Gasteiger partial charge in [0.2, 0.25) is 0 Å². The maximum Gasteiger partial charge on any atom is 0.151 e. The zero-order valence-corrected chi connectivity index (χ0v) is 9.00. The molecule has 0 unspecified atom stereocenters. The van der Waals surface area contributed by atoms with E-state index in [1.54, 1.807) is 30.0 Å². The summed E-state index contributed by atoms with van der Waals surface area (Å²) in [4.78, 5) is 0. The predicted molar refractivity (Wildman–Crippen MR) is 54.7 cm³/mol. The van der Waals surface area contributed by atoms with Gasteiger partial charge in [0, 0.05) is 24.7 Å². The van der Waals surface area contributed by atoms with Gasteiger partial charge in [0.15, 0.2) is 9.84 Å². The highest BCUT2D eigenvalue weighted by Crippen LogP contribution is 2.01. The first-order chi connectivity index (χ1) is 6.57. The minimum absolute atomic E-state index is 0.00642. The Morgan fingerprint density at radius 1 is 1.50 bits per heavy atom. The number of rotatable bonds is 5. The van der Waals surface area contributed by atoms with Crippen LogP contribution in [-0.4, -0.2) is 29.6 Å². The number of aliphatic hydroxyl groups excluding tert-OH is 1. The summed E-state index contributed by atoms with van der Waals surface area (Å²) in [6, 6.07) is 1.78. The van der Waals surface area contributed by atoms with Crippen LogP contribution in [0.15, 0.2) is 18.5 Å². The van der Waals surface area contributed by atoms with Crippen molar-refractivity contribution in [3.05, 3.63) is 24.0 Å². The van der Waals surface area contributed by atoms with Gasteiger partial charge in [0.05, 0.1) is 12.4 Å². The summed E-state index contributed by atoms with van der Waals surface area (Å²) in [7, 11) is -2.90. The smallest absolute Gasteiger partial charge is 0.151 e. The van der Waals surface area contributed by atoms with Crippen LogP contribution in [0.1, 0.15) is 12.5 Å². The van der Waals surface area contributed by atoms with Gasteiger partial charge in [0.25, 0.3) is 0 Å². The number of aryl methyl sites for hydroxylation is 1. The first-order valence-corrected chi connectivity index (χ1v) is 6.35. The van der Waals surface area contributed by atoms with Crippen LogP contribution in [0.5, 0.6) is 0 Å². The van der Waals surface area contributed by atoms with Crippen molar-refractivity contribution in [3.8, 4) is 0 Å². The molecule has 14 heavy (non-hydrogen) atoms. The molecule has 0 radical (unpaired) electrons. The van der Waals surface area contributed by atoms with Crippen molar-refractivity contribution in [3.63, 3.8) is 0 Å². The van der Waals surface area contributed by atoms with Crippen LogP contribution in [0.25, 0.3) is 0 Å². The predicted octanol–water partition coefficient (Wildman–Crippen LogP) is 0.415. The molecule has 5 heteroatoms. The number of nitrogens with zero attached hydrogens (tertiary/aromatic N) is 1. The average molecular weight is 217 g/mol. The molecule has 1 rings (SSSR count). The van der Waals surface area contributed by atoms with Crippen molar-refractivity contribution in [1.29, 1.82) is 0 Å². The third-order valence-electron chi connectivity index (χ3n) is 2.09. The fraction of sp³-hybridized carbons (Fsp3) is 0.556. The lowest BCUT2D eigenvalue weighted by atomic mass is 10.4. The molecule has 0 aliphatic heterocycles. The molecule has 80 valence electrons. The fourth-order valence-corrected chi connectivity index (χ4v) is 1.89. The average Bonchev–Trinajstić information content (AvgIpc) is 2.63. The van der Waals surface area contributed by atoms with E-state index in [1.807, 2.05) is 0 Å². The molecule has 1 heterocycles. The van der Waals surface area contributed by atoms with E-state index in [1.165, 1.54) is 0 Å². The Hall–Kier alpha value is -0.810. The van der Waals surface area contributed by atoms with Crippen molar-refractivity contribution < 1.29 is 13.5 Å². The summed E-state index contributed by atoms with van der Waals surface area (Å²) < 4.78 is 24.1. The quantitative estimate of drug-likeness (QED) is 0.777. The fourth-order valence-electron chi connectivity index (χ4n) is 1.11. The van der Waals surface area contributed by atoms with Crippen LogP contribution < -0.4 is 0 Å². The molecule has 1 N–H and O–H groups in total. The van der Waals surface area contributed by atoms with Gasteiger partial charge in [-0.2, -0.15) is 0 Å². The number of sulfone groups is 1. The van der Waals surface area contributed by atoms with Gasteiger partial charge in [-0.3, -0.25) is 0 Å². The standard InChI is InChI=1S/C9H15NO3S/c1-2-14(12,13)6-5-10-4-3-9(7-10)8-11/h3-4,7,11H,2,5-6,8H2,1H3. The molecule has 0 saturated heterocycles. The molecular formula is C9H15NO3S. The van der Waals surface area contributed by atoms with E-state index in [2.05, 4.69) is 0 Å². The van der Waals surface area contributed by atoms with Gasteiger partial charge in [-0.05, 0) is 11.6 Å². The molecule has 0 aliphatic carbocycles. The van der Waals surface area contributed by atoms with Crippen LogP contribution in [0.3, 0.4) is 0 Å². The molecule has 0 aromatic carbocycles. The summed E-state index contributed by atoms with van der Waals surface area (Å²) in [6.45, 7) is 2.09.